The number of nitrogens with two attached hydrogens (primary N) is 1. The molecule has 0 aliphatic rings. The zero-order chi connectivity index (χ0) is 35.3. The van der Waals surface area contributed by atoms with Crippen LogP contribution in [-0.2, 0) is 16.7 Å². The molecule has 0 fully saturated rings. The standard InChI is InChI=1S/C37H30N6O6S/c38-27-12-10-24(36(20-27)50(47,48)49)9-6-23-7-13-29(14-8-23)40-42-33-21-35(45)34(19-26(33)22-44)43-41-32-17-11-25-18-30(15-16-31(25)37(32)46)39-28-4-2-1-3-5-28/h1-21,39,44-46H,22,38H2,(H,47,48,49). The zero-order valence-corrected chi connectivity index (χ0v) is 27.0. The Morgan fingerprint density at radius 2 is 1.44 bits per heavy atom. The van der Waals surface area contributed by atoms with Crippen molar-refractivity contribution in [3.8, 4) is 11.5 Å². The molecule has 0 aromatic heterocycles. The summed E-state index contributed by atoms with van der Waals surface area (Å²) in [6.45, 7) is -0.419. The molecular weight excluding hydrogens is 657 g/mol. The lowest BCUT2D eigenvalue weighted by Gasteiger charge is -2.09. The number of azo groups is 2. The SMILES string of the molecule is Nc1ccc(C=Cc2ccc(N=Nc3cc(O)c(N=Nc4ccc5cc(Nc6ccccc6)ccc5c4O)cc3CO)cc2)c(S(=O)(=O)O)c1. The van der Waals surface area contributed by atoms with Gasteiger partial charge < -0.3 is 26.4 Å². The number of rotatable bonds is 10. The average Bonchev–Trinajstić information content (AvgIpc) is 3.11. The summed E-state index contributed by atoms with van der Waals surface area (Å²) in [4.78, 5) is -0.298. The van der Waals surface area contributed by atoms with Gasteiger partial charge in [-0.1, -0.05) is 54.6 Å². The van der Waals surface area contributed by atoms with Gasteiger partial charge in [0.25, 0.3) is 10.1 Å². The zero-order valence-electron chi connectivity index (χ0n) is 26.2. The highest BCUT2D eigenvalue weighted by Gasteiger charge is 2.14. The second-order valence-electron chi connectivity index (χ2n) is 11.1. The van der Waals surface area contributed by atoms with Gasteiger partial charge in [-0.15, -0.1) is 10.2 Å². The van der Waals surface area contributed by atoms with Crippen LogP contribution >= 0.6 is 0 Å². The number of hydrogen-bond donors (Lipinski definition) is 6. The van der Waals surface area contributed by atoms with E-state index in [1.807, 2.05) is 48.5 Å². The summed E-state index contributed by atoms with van der Waals surface area (Å²) < 4.78 is 33.0. The van der Waals surface area contributed by atoms with Crippen LogP contribution in [0.2, 0.25) is 0 Å². The molecule has 0 aliphatic carbocycles. The number of fused-ring (bicyclic) bond motifs is 1. The number of nitrogens with one attached hydrogen (secondary N) is 1. The van der Waals surface area contributed by atoms with E-state index in [4.69, 9.17) is 5.73 Å². The quantitative estimate of drug-likeness (QED) is 0.0354. The minimum Gasteiger partial charge on any atom is -0.506 e. The molecule has 0 radical (unpaired) electrons. The van der Waals surface area contributed by atoms with Crippen molar-refractivity contribution < 1.29 is 28.3 Å². The summed E-state index contributed by atoms with van der Waals surface area (Å²) in [5.74, 6) is -0.330. The Balaban J connectivity index is 1.16. The third-order valence-corrected chi connectivity index (χ3v) is 8.49. The van der Waals surface area contributed by atoms with E-state index in [0.717, 1.165) is 16.8 Å². The largest absolute Gasteiger partial charge is 0.506 e. The van der Waals surface area contributed by atoms with Gasteiger partial charge in [0.1, 0.15) is 22.0 Å². The molecule has 0 heterocycles. The number of aromatic hydroxyl groups is 2. The first-order valence-corrected chi connectivity index (χ1v) is 16.5. The Morgan fingerprint density at radius 3 is 2.18 bits per heavy atom. The van der Waals surface area contributed by atoms with Crippen molar-refractivity contribution in [1.29, 1.82) is 0 Å². The lowest BCUT2D eigenvalue weighted by molar-refractivity contribution is 0.282. The molecule has 0 atom stereocenters. The topological polar surface area (TPSA) is 203 Å². The highest BCUT2D eigenvalue weighted by Crippen LogP contribution is 2.40. The number of aliphatic hydroxyl groups excluding tert-OH is 1. The summed E-state index contributed by atoms with van der Waals surface area (Å²) in [7, 11) is -4.46. The molecule has 250 valence electrons. The van der Waals surface area contributed by atoms with E-state index in [2.05, 4.69) is 25.8 Å². The van der Waals surface area contributed by atoms with Crippen molar-refractivity contribution in [2.24, 2.45) is 20.5 Å². The molecule has 12 nitrogen and oxygen atoms in total. The lowest BCUT2D eigenvalue weighted by atomic mass is 10.1. The second kappa shape index (κ2) is 14.4. The predicted octanol–water partition coefficient (Wildman–Crippen LogP) is 9.32. The molecule has 0 amide bonds. The first kappa shape index (κ1) is 33.5. The van der Waals surface area contributed by atoms with Gasteiger partial charge in [0.05, 0.1) is 18.0 Å². The van der Waals surface area contributed by atoms with Crippen molar-refractivity contribution >= 4 is 72.9 Å². The summed E-state index contributed by atoms with van der Waals surface area (Å²) in [6.07, 6.45) is 3.20. The normalized spacial score (nSPS) is 12.0. The van der Waals surface area contributed by atoms with Gasteiger partial charge in [0, 0.05) is 34.1 Å². The highest BCUT2D eigenvalue weighted by molar-refractivity contribution is 7.86. The van der Waals surface area contributed by atoms with Crippen LogP contribution in [0.15, 0.2) is 141 Å². The van der Waals surface area contributed by atoms with Crippen LogP contribution in [0.5, 0.6) is 11.5 Å². The summed E-state index contributed by atoms with van der Waals surface area (Å²) in [5.41, 5.74) is 9.91. The fraction of sp³-hybridized carbons (Fsp3) is 0.0270. The van der Waals surface area contributed by atoms with E-state index in [1.54, 1.807) is 42.5 Å². The van der Waals surface area contributed by atoms with Gasteiger partial charge in [0.15, 0.2) is 5.75 Å². The molecule has 0 saturated carbocycles. The number of hydrogen-bond acceptors (Lipinski definition) is 11. The van der Waals surface area contributed by atoms with Gasteiger partial charge in [-0.2, -0.15) is 18.6 Å². The first-order chi connectivity index (χ1) is 24.1. The lowest BCUT2D eigenvalue weighted by Crippen LogP contribution is -2.02. The first-order valence-electron chi connectivity index (χ1n) is 15.1. The minimum atomic E-state index is -4.46. The molecule has 7 N–H and O–H groups in total. The predicted molar refractivity (Wildman–Crippen MR) is 194 cm³/mol. The van der Waals surface area contributed by atoms with Crippen LogP contribution in [0.4, 0.5) is 39.8 Å². The number of nitrogens with zero attached hydrogens (tertiary/aromatic N) is 4. The second-order valence-corrected chi connectivity index (χ2v) is 12.5. The number of phenols is 2. The summed E-state index contributed by atoms with van der Waals surface area (Å²) in [6, 6.07) is 32.4. The smallest absolute Gasteiger partial charge is 0.295 e. The molecular formula is C37H30N6O6S. The van der Waals surface area contributed by atoms with E-state index in [9.17, 15) is 28.3 Å². The molecule has 6 aromatic rings. The van der Waals surface area contributed by atoms with Crippen molar-refractivity contribution in [3.63, 3.8) is 0 Å². The van der Waals surface area contributed by atoms with E-state index < -0.39 is 16.7 Å². The van der Waals surface area contributed by atoms with Crippen LogP contribution in [0.25, 0.3) is 22.9 Å². The van der Waals surface area contributed by atoms with Gasteiger partial charge in [-0.05, 0) is 83.2 Å². The molecule has 0 bridgehead atoms. The van der Waals surface area contributed by atoms with Gasteiger partial charge >= 0.3 is 0 Å². The van der Waals surface area contributed by atoms with Crippen LogP contribution in [0, 0.1) is 0 Å². The average molecular weight is 687 g/mol. The summed E-state index contributed by atoms with van der Waals surface area (Å²) in [5, 5.41) is 52.9. The van der Waals surface area contributed by atoms with Gasteiger partial charge in [0.2, 0.25) is 0 Å². The maximum absolute atomic E-state index is 11.7. The molecule has 0 aliphatic heterocycles. The Kier molecular flexibility index (Phi) is 9.63. The van der Waals surface area contributed by atoms with Gasteiger partial charge in [-0.25, -0.2) is 0 Å². The number of nitrogen functional groups attached to an aromatic ring is 1. The van der Waals surface area contributed by atoms with Crippen molar-refractivity contribution in [2.75, 3.05) is 11.1 Å². The van der Waals surface area contributed by atoms with Crippen LogP contribution < -0.4 is 11.1 Å². The minimum absolute atomic E-state index is 0.0595. The maximum atomic E-state index is 11.7. The van der Waals surface area contributed by atoms with Crippen molar-refractivity contribution in [2.45, 2.75) is 11.5 Å². The molecule has 6 aromatic carbocycles. The maximum Gasteiger partial charge on any atom is 0.295 e. The van der Waals surface area contributed by atoms with Crippen LogP contribution in [-0.4, -0.2) is 28.3 Å². The monoisotopic (exact) mass is 686 g/mol. The number of aliphatic hydroxyl groups is 1. The molecule has 0 unspecified atom stereocenters. The number of para-hydroxylation sites is 1. The van der Waals surface area contributed by atoms with E-state index in [-0.39, 0.29) is 44.7 Å². The molecule has 50 heavy (non-hydrogen) atoms. The van der Waals surface area contributed by atoms with Crippen LogP contribution in [0.1, 0.15) is 16.7 Å². The molecule has 13 heteroatoms. The molecule has 6 rings (SSSR count). The van der Waals surface area contributed by atoms with Gasteiger partial charge in [-0.3, -0.25) is 4.55 Å². The van der Waals surface area contributed by atoms with E-state index in [1.165, 1.54) is 36.4 Å². The number of anilines is 3. The molecule has 0 spiro atoms. The Labute approximate surface area is 287 Å². The third kappa shape index (κ3) is 7.82. The number of benzene rings is 6. The summed E-state index contributed by atoms with van der Waals surface area (Å²) >= 11 is 0. The van der Waals surface area contributed by atoms with E-state index in [0.29, 0.717) is 22.2 Å². The Hall–Kier alpha value is -6.41. The fourth-order valence-corrected chi connectivity index (χ4v) is 5.75. The molecule has 0 saturated heterocycles. The fourth-order valence-electron chi connectivity index (χ4n) is 5.03. The Bertz CT molecular complexity index is 2400. The third-order valence-electron chi connectivity index (χ3n) is 7.58. The van der Waals surface area contributed by atoms with Crippen LogP contribution in [0.3, 0.4) is 0 Å². The Morgan fingerprint density at radius 1 is 0.700 bits per heavy atom. The van der Waals surface area contributed by atoms with Crippen molar-refractivity contribution in [1.82, 2.24) is 0 Å². The highest BCUT2D eigenvalue weighted by atomic mass is 32.2. The van der Waals surface area contributed by atoms with E-state index >= 15 is 0 Å². The van der Waals surface area contributed by atoms with Crippen molar-refractivity contribution in [3.05, 3.63) is 132 Å². The number of phenolic OH excluding ortho intramolecular Hbond substituents is 2.